The van der Waals surface area contributed by atoms with Gasteiger partial charge < -0.3 is 5.32 Å². The Balaban J connectivity index is 2.28. The van der Waals surface area contributed by atoms with Crippen LogP contribution in [0.25, 0.3) is 0 Å². The lowest BCUT2D eigenvalue weighted by Crippen LogP contribution is -2.19. The largest absolute Gasteiger partial charge is 0.353 e. The number of benzene rings is 2. The van der Waals surface area contributed by atoms with Gasteiger partial charge in [-0.1, -0.05) is 48.0 Å². The Kier molecular flexibility index (Phi) is 5.08. The van der Waals surface area contributed by atoms with Crippen LogP contribution in [-0.2, 0) is 0 Å². The standard InChI is InChI=1S/C17H14BrF2NO/c1-12-7-9-14(10-8-12)21-16(17(18,19)20)11-15(22)13-5-3-2-4-6-13/h2-11,21H,1H3/b16-11+. The van der Waals surface area contributed by atoms with E-state index in [4.69, 9.17) is 0 Å². The molecule has 0 aromatic heterocycles. The summed E-state index contributed by atoms with van der Waals surface area (Å²) in [5, 5.41) is 2.59. The molecule has 0 heterocycles. The lowest BCUT2D eigenvalue weighted by molar-refractivity contribution is 0.103. The number of carbonyl (C=O) groups is 1. The molecule has 22 heavy (non-hydrogen) atoms. The maximum atomic E-state index is 13.7. The van der Waals surface area contributed by atoms with Gasteiger partial charge in [0.1, 0.15) is 5.70 Å². The van der Waals surface area contributed by atoms with E-state index in [2.05, 4.69) is 21.2 Å². The van der Waals surface area contributed by atoms with Gasteiger partial charge in [-0.15, -0.1) is 0 Å². The van der Waals surface area contributed by atoms with Crippen LogP contribution < -0.4 is 5.32 Å². The minimum Gasteiger partial charge on any atom is -0.353 e. The third-order valence-electron chi connectivity index (χ3n) is 2.97. The molecular formula is C17H14BrF2NO. The molecule has 2 aromatic carbocycles. The average Bonchev–Trinajstić information content (AvgIpc) is 2.48. The van der Waals surface area contributed by atoms with E-state index in [1.807, 2.05) is 6.92 Å². The molecule has 0 radical (unpaired) electrons. The van der Waals surface area contributed by atoms with Gasteiger partial charge in [-0.05, 0) is 35.0 Å². The number of allylic oxidation sites excluding steroid dienone is 2. The summed E-state index contributed by atoms with van der Waals surface area (Å²) in [5.74, 6) is -0.491. The van der Waals surface area contributed by atoms with E-state index in [0.717, 1.165) is 11.6 Å². The number of carbonyl (C=O) groups excluding carboxylic acids is 1. The molecule has 0 aliphatic heterocycles. The highest BCUT2D eigenvalue weighted by atomic mass is 79.9. The average molecular weight is 366 g/mol. The normalized spacial score (nSPS) is 12.1. The smallest absolute Gasteiger partial charge is 0.341 e. The Morgan fingerprint density at radius 1 is 1.09 bits per heavy atom. The van der Waals surface area contributed by atoms with Gasteiger partial charge in [0.05, 0.1) is 0 Å². The lowest BCUT2D eigenvalue weighted by Gasteiger charge is -2.16. The van der Waals surface area contributed by atoms with Crippen LogP contribution in [0.2, 0.25) is 0 Å². The number of halogens is 3. The Labute approximate surface area is 136 Å². The van der Waals surface area contributed by atoms with Crippen LogP contribution in [0.15, 0.2) is 66.4 Å². The van der Waals surface area contributed by atoms with E-state index in [1.54, 1.807) is 54.6 Å². The van der Waals surface area contributed by atoms with Crippen LogP contribution >= 0.6 is 15.9 Å². The Hall–Kier alpha value is -2.01. The van der Waals surface area contributed by atoms with Gasteiger partial charge in [-0.2, -0.15) is 8.78 Å². The number of alkyl halides is 3. The molecular weight excluding hydrogens is 352 g/mol. The number of rotatable bonds is 5. The highest BCUT2D eigenvalue weighted by Gasteiger charge is 2.31. The van der Waals surface area contributed by atoms with Gasteiger partial charge >= 0.3 is 4.83 Å². The van der Waals surface area contributed by atoms with Crippen LogP contribution in [0.1, 0.15) is 15.9 Å². The molecule has 1 N–H and O–H groups in total. The Bertz CT molecular complexity index is 676. The molecule has 0 aliphatic rings. The van der Waals surface area contributed by atoms with Crippen molar-refractivity contribution in [1.29, 1.82) is 0 Å². The van der Waals surface area contributed by atoms with Crippen molar-refractivity contribution in [1.82, 2.24) is 0 Å². The number of aryl methyl sites for hydroxylation is 1. The summed E-state index contributed by atoms with van der Waals surface area (Å²) in [6, 6.07) is 15.2. The SMILES string of the molecule is Cc1ccc(N/C(=C/C(=O)c2ccccc2)C(F)(F)Br)cc1. The summed E-state index contributed by atoms with van der Waals surface area (Å²) in [4.78, 5) is 8.74. The number of hydrogen-bond acceptors (Lipinski definition) is 2. The van der Waals surface area contributed by atoms with Crippen molar-refractivity contribution in [3.8, 4) is 0 Å². The summed E-state index contributed by atoms with van der Waals surface area (Å²) in [5.41, 5.74) is 1.34. The first-order valence-electron chi connectivity index (χ1n) is 6.58. The van der Waals surface area contributed by atoms with Gasteiger partial charge in [-0.25, -0.2) is 0 Å². The number of hydrogen-bond donors (Lipinski definition) is 1. The summed E-state index contributed by atoms with van der Waals surface area (Å²) in [6.45, 7) is 1.90. The molecule has 0 unspecified atom stereocenters. The van der Waals surface area contributed by atoms with Crippen molar-refractivity contribution in [2.75, 3.05) is 5.32 Å². The van der Waals surface area contributed by atoms with E-state index in [1.165, 1.54) is 0 Å². The molecule has 0 amide bonds. The lowest BCUT2D eigenvalue weighted by atomic mass is 10.1. The highest BCUT2D eigenvalue weighted by Crippen LogP contribution is 2.32. The monoisotopic (exact) mass is 365 g/mol. The van der Waals surface area contributed by atoms with E-state index in [9.17, 15) is 13.6 Å². The van der Waals surface area contributed by atoms with E-state index in [-0.39, 0.29) is 0 Å². The molecule has 5 heteroatoms. The molecule has 0 spiro atoms. The first-order valence-corrected chi connectivity index (χ1v) is 7.37. The van der Waals surface area contributed by atoms with Gasteiger partial charge in [0.15, 0.2) is 5.78 Å². The first-order chi connectivity index (χ1) is 10.4. The topological polar surface area (TPSA) is 29.1 Å². The van der Waals surface area contributed by atoms with Gasteiger partial charge in [0, 0.05) is 17.3 Å². The van der Waals surface area contributed by atoms with E-state index in [0.29, 0.717) is 11.3 Å². The Morgan fingerprint density at radius 2 is 1.68 bits per heavy atom. The van der Waals surface area contributed by atoms with Gasteiger partial charge in [-0.3, -0.25) is 4.79 Å². The van der Waals surface area contributed by atoms with Gasteiger partial charge in [0.2, 0.25) is 0 Å². The summed E-state index contributed by atoms with van der Waals surface area (Å²) in [6.07, 6.45) is 0.907. The summed E-state index contributed by atoms with van der Waals surface area (Å²) < 4.78 is 27.3. The van der Waals surface area contributed by atoms with Gasteiger partial charge in [0.25, 0.3) is 0 Å². The molecule has 114 valence electrons. The number of anilines is 1. The van der Waals surface area contributed by atoms with Crippen LogP contribution in [0.3, 0.4) is 0 Å². The van der Waals surface area contributed by atoms with E-state index >= 15 is 0 Å². The fraction of sp³-hybridized carbons (Fsp3) is 0.118. The zero-order valence-corrected chi connectivity index (χ0v) is 13.4. The molecule has 2 aromatic rings. The predicted octanol–water partition coefficient (Wildman–Crippen LogP) is 5.16. The quantitative estimate of drug-likeness (QED) is 0.450. The van der Waals surface area contributed by atoms with Crippen LogP contribution in [0.4, 0.5) is 14.5 Å². The van der Waals surface area contributed by atoms with Crippen LogP contribution in [0.5, 0.6) is 0 Å². The zero-order valence-electron chi connectivity index (χ0n) is 11.8. The third-order valence-corrected chi connectivity index (χ3v) is 3.40. The van der Waals surface area contributed by atoms with Crippen molar-refractivity contribution in [3.05, 3.63) is 77.5 Å². The number of ketones is 1. The van der Waals surface area contributed by atoms with Crippen molar-refractivity contribution >= 4 is 27.4 Å². The second kappa shape index (κ2) is 6.83. The fourth-order valence-electron chi connectivity index (χ4n) is 1.80. The molecule has 0 atom stereocenters. The highest BCUT2D eigenvalue weighted by molar-refractivity contribution is 9.10. The second-order valence-electron chi connectivity index (χ2n) is 4.78. The first kappa shape index (κ1) is 16.4. The minimum absolute atomic E-state index is 0.349. The molecule has 0 bridgehead atoms. The summed E-state index contributed by atoms with van der Waals surface area (Å²) >= 11 is 2.30. The Morgan fingerprint density at radius 3 is 2.23 bits per heavy atom. The second-order valence-corrected chi connectivity index (χ2v) is 5.77. The maximum absolute atomic E-state index is 13.7. The molecule has 0 saturated carbocycles. The molecule has 2 rings (SSSR count). The van der Waals surface area contributed by atoms with Crippen LogP contribution in [-0.4, -0.2) is 10.6 Å². The number of nitrogens with one attached hydrogen (secondary N) is 1. The van der Waals surface area contributed by atoms with Crippen LogP contribution in [0, 0.1) is 6.92 Å². The van der Waals surface area contributed by atoms with Crippen molar-refractivity contribution in [3.63, 3.8) is 0 Å². The predicted molar refractivity (Wildman–Crippen MR) is 87.5 cm³/mol. The molecule has 0 aliphatic carbocycles. The van der Waals surface area contributed by atoms with Crippen molar-refractivity contribution in [2.24, 2.45) is 0 Å². The minimum atomic E-state index is -3.33. The van der Waals surface area contributed by atoms with E-state index < -0.39 is 16.3 Å². The summed E-state index contributed by atoms with van der Waals surface area (Å²) in [7, 11) is 0. The maximum Gasteiger partial charge on any atom is 0.341 e. The molecule has 2 nitrogen and oxygen atoms in total. The molecule has 0 saturated heterocycles. The fourth-order valence-corrected chi connectivity index (χ4v) is 2.01. The molecule has 0 fully saturated rings. The zero-order chi connectivity index (χ0) is 16.2. The van der Waals surface area contributed by atoms with Crippen molar-refractivity contribution in [2.45, 2.75) is 11.8 Å². The third kappa shape index (κ3) is 4.49. The van der Waals surface area contributed by atoms with Crippen molar-refractivity contribution < 1.29 is 13.6 Å².